The molecule has 1 amide bonds. The minimum atomic E-state index is -3.76. The molecule has 6 aromatic rings. The van der Waals surface area contributed by atoms with Gasteiger partial charge in [0.05, 0.1) is 17.5 Å². The standard InChI is InChI=1S/C31H24F2N4O5S/c1-35-30(38)27-22-14-21(17-11-18(13-20(34)12-17)31-36-28-23(33)5-4-6-25(28)42-31)24(37(2)43(3,39)40)15-26(22)41-29(27)16-7-9-19(32)10-8-16/h4-15H,34H2,1-3H3,(H,35,38). The number of rotatable bonds is 6. The van der Waals surface area contributed by atoms with Crippen LogP contribution in [-0.4, -0.2) is 39.7 Å². The number of oxazole rings is 1. The van der Waals surface area contributed by atoms with Gasteiger partial charge in [0.1, 0.15) is 22.7 Å². The summed E-state index contributed by atoms with van der Waals surface area (Å²) in [6, 6.07) is 17.9. The average molecular weight is 603 g/mol. The first-order valence-corrected chi connectivity index (χ1v) is 14.8. The van der Waals surface area contributed by atoms with E-state index in [9.17, 15) is 22.0 Å². The van der Waals surface area contributed by atoms with E-state index in [2.05, 4.69) is 10.3 Å². The molecule has 0 aliphatic rings. The molecule has 12 heteroatoms. The molecule has 0 atom stereocenters. The van der Waals surface area contributed by atoms with Crippen molar-refractivity contribution in [3.8, 4) is 33.9 Å². The molecule has 3 N–H and O–H groups in total. The molecule has 0 radical (unpaired) electrons. The van der Waals surface area contributed by atoms with Crippen LogP contribution >= 0.6 is 0 Å². The van der Waals surface area contributed by atoms with Crippen molar-refractivity contribution in [2.75, 3.05) is 30.4 Å². The van der Waals surface area contributed by atoms with E-state index in [1.54, 1.807) is 30.3 Å². The van der Waals surface area contributed by atoms with E-state index in [1.165, 1.54) is 56.6 Å². The molecule has 9 nitrogen and oxygen atoms in total. The van der Waals surface area contributed by atoms with Gasteiger partial charge in [0.2, 0.25) is 15.9 Å². The highest BCUT2D eigenvalue weighted by Crippen LogP contribution is 2.42. The fourth-order valence-electron chi connectivity index (χ4n) is 4.93. The normalized spacial score (nSPS) is 11.7. The number of carbonyl (C=O) groups excluding carboxylic acids is 1. The lowest BCUT2D eigenvalue weighted by Gasteiger charge is -2.21. The van der Waals surface area contributed by atoms with Gasteiger partial charge in [-0.1, -0.05) is 6.07 Å². The summed E-state index contributed by atoms with van der Waals surface area (Å²) in [5.74, 6) is -1.17. The minimum absolute atomic E-state index is 0.0577. The first-order valence-electron chi connectivity index (χ1n) is 12.9. The van der Waals surface area contributed by atoms with E-state index < -0.39 is 27.6 Å². The summed E-state index contributed by atoms with van der Waals surface area (Å²) in [4.78, 5) is 17.5. The zero-order chi connectivity index (χ0) is 30.6. The zero-order valence-corrected chi connectivity index (χ0v) is 23.9. The summed E-state index contributed by atoms with van der Waals surface area (Å²) in [5.41, 5.74) is 9.27. The molecular weight excluding hydrogens is 578 g/mol. The molecule has 0 aliphatic carbocycles. The van der Waals surface area contributed by atoms with Crippen molar-refractivity contribution < 1.29 is 30.8 Å². The molecule has 2 heterocycles. The number of nitrogens with zero attached hydrogens (tertiary/aromatic N) is 2. The Morgan fingerprint density at radius 2 is 1.65 bits per heavy atom. The summed E-state index contributed by atoms with van der Waals surface area (Å²) >= 11 is 0. The second-order valence-electron chi connectivity index (χ2n) is 9.94. The Morgan fingerprint density at radius 3 is 2.33 bits per heavy atom. The number of hydrogen-bond donors (Lipinski definition) is 2. The summed E-state index contributed by atoms with van der Waals surface area (Å²) in [6.07, 6.45) is 1.06. The Kier molecular flexibility index (Phi) is 6.65. The van der Waals surface area contributed by atoms with Gasteiger partial charge in [-0.05, 0) is 66.2 Å². The molecule has 43 heavy (non-hydrogen) atoms. The zero-order valence-electron chi connectivity index (χ0n) is 23.1. The maximum Gasteiger partial charge on any atom is 0.255 e. The van der Waals surface area contributed by atoms with Crippen LogP contribution in [0.3, 0.4) is 0 Å². The van der Waals surface area contributed by atoms with Gasteiger partial charge in [-0.25, -0.2) is 22.2 Å². The molecule has 0 aliphatic heterocycles. The fourth-order valence-corrected chi connectivity index (χ4v) is 5.43. The number of sulfonamides is 1. The van der Waals surface area contributed by atoms with Crippen molar-refractivity contribution in [3.63, 3.8) is 0 Å². The van der Waals surface area contributed by atoms with Gasteiger partial charge in [0.25, 0.3) is 5.91 Å². The Labute approximate surface area is 244 Å². The van der Waals surface area contributed by atoms with Crippen LogP contribution in [0, 0.1) is 11.6 Å². The predicted octanol–water partition coefficient (Wildman–Crippen LogP) is 6.19. The minimum Gasteiger partial charge on any atom is -0.455 e. The number of amides is 1. The second kappa shape index (κ2) is 10.2. The number of benzene rings is 4. The number of anilines is 2. The second-order valence-corrected chi connectivity index (χ2v) is 12.0. The van der Waals surface area contributed by atoms with E-state index >= 15 is 0 Å². The number of halogens is 2. The van der Waals surface area contributed by atoms with E-state index in [1.807, 2.05) is 0 Å². The molecule has 0 bridgehead atoms. The third-order valence-electron chi connectivity index (χ3n) is 7.09. The van der Waals surface area contributed by atoms with Gasteiger partial charge in [-0.15, -0.1) is 0 Å². The Bertz CT molecular complexity index is 2170. The highest BCUT2D eigenvalue weighted by molar-refractivity contribution is 7.92. The van der Waals surface area contributed by atoms with Crippen molar-refractivity contribution in [3.05, 3.63) is 90.0 Å². The summed E-state index contributed by atoms with van der Waals surface area (Å²) < 4.78 is 66.5. The molecule has 4 aromatic carbocycles. The summed E-state index contributed by atoms with van der Waals surface area (Å²) in [5, 5.41) is 2.99. The topological polar surface area (TPSA) is 132 Å². The van der Waals surface area contributed by atoms with E-state index in [0.29, 0.717) is 33.3 Å². The van der Waals surface area contributed by atoms with Gasteiger partial charge < -0.3 is 19.9 Å². The van der Waals surface area contributed by atoms with E-state index in [4.69, 9.17) is 14.6 Å². The number of fused-ring (bicyclic) bond motifs is 2. The molecule has 0 saturated carbocycles. The Hall–Kier alpha value is -5.23. The Morgan fingerprint density at radius 1 is 0.930 bits per heavy atom. The van der Waals surface area contributed by atoms with Crippen LogP contribution in [-0.2, 0) is 10.0 Å². The molecular formula is C31H24F2N4O5S. The van der Waals surface area contributed by atoms with Crippen molar-refractivity contribution in [1.82, 2.24) is 10.3 Å². The largest absolute Gasteiger partial charge is 0.455 e. The number of para-hydroxylation sites is 1. The number of furan rings is 1. The predicted molar refractivity (Wildman–Crippen MR) is 161 cm³/mol. The van der Waals surface area contributed by atoms with Crippen LogP contribution in [0.1, 0.15) is 10.4 Å². The summed E-state index contributed by atoms with van der Waals surface area (Å²) in [6.45, 7) is 0. The van der Waals surface area contributed by atoms with Gasteiger partial charge in [-0.2, -0.15) is 0 Å². The lowest BCUT2D eigenvalue weighted by Crippen LogP contribution is -2.25. The first kappa shape index (κ1) is 27.9. The smallest absolute Gasteiger partial charge is 0.255 e. The summed E-state index contributed by atoms with van der Waals surface area (Å²) in [7, 11) is -0.907. The Balaban J connectivity index is 1.63. The number of carbonyl (C=O) groups is 1. The van der Waals surface area contributed by atoms with Crippen LogP contribution in [0.4, 0.5) is 20.2 Å². The van der Waals surface area contributed by atoms with Crippen LogP contribution in [0.15, 0.2) is 81.6 Å². The van der Waals surface area contributed by atoms with Crippen LogP contribution < -0.4 is 15.4 Å². The third kappa shape index (κ3) is 4.95. The molecule has 218 valence electrons. The van der Waals surface area contributed by atoms with Gasteiger partial charge >= 0.3 is 0 Å². The molecule has 0 fully saturated rings. The molecule has 0 spiro atoms. The highest BCUT2D eigenvalue weighted by atomic mass is 32.2. The lowest BCUT2D eigenvalue weighted by molar-refractivity contribution is 0.0964. The van der Waals surface area contributed by atoms with Crippen LogP contribution in [0.25, 0.3) is 56.0 Å². The van der Waals surface area contributed by atoms with Crippen molar-refractivity contribution >= 4 is 49.4 Å². The van der Waals surface area contributed by atoms with Gasteiger partial charge in [-0.3, -0.25) is 9.10 Å². The van der Waals surface area contributed by atoms with Crippen LogP contribution in [0.2, 0.25) is 0 Å². The van der Waals surface area contributed by atoms with E-state index in [-0.39, 0.29) is 39.6 Å². The quantitative estimate of drug-likeness (QED) is 0.217. The van der Waals surface area contributed by atoms with Crippen molar-refractivity contribution in [2.24, 2.45) is 0 Å². The molecule has 6 rings (SSSR count). The monoisotopic (exact) mass is 602 g/mol. The number of nitrogens with one attached hydrogen (secondary N) is 1. The molecule has 0 unspecified atom stereocenters. The maximum absolute atomic E-state index is 14.3. The highest BCUT2D eigenvalue weighted by Gasteiger charge is 2.26. The van der Waals surface area contributed by atoms with Crippen molar-refractivity contribution in [1.29, 1.82) is 0 Å². The SMILES string of the molecule is CNC(=O)c1c(-c2ccc(F)cc2)oc2cc(N(C)S(C)(=O)=O)c(-c3cc(N)cc(-c4nc5c(F)cccc5o4)c3)cc12. The first-order chi connectivity index (χ1) is 20.4. The number of nitrogen functional groups attached to an aromatic ring is 1. The van der Waals surface area contributed by atoms with Gasteiger partial charge in [0.15, 0.2) is 11.4 Å². The number of aromatic nitrogens is 1. The maximum atomic E-state index is 14.3. The van der Waals surface area contributed by atoms with Crippen molar-refractivity contribution in [2.45, 2.75) is 0 Å². The van der Waals surface area contributed by atoms with Gasteiger partial charge in [0, 0.05) is 47.9 Å². The number of hydrogen-bond acceptors (Lipinski definition) is 7. The van der Waals surface area contributed by atoms with E-state index in [0.717, 1.165) is 10.6 Å². The molecule has 2 aromatic heterocycles. The third-order valence-corrected chi connectivity index (χ3v) is 8.28. The fraction of sp³-hybridized carbons (Fsp3) is 0.0968. The molecule has 0 saturated heterocycles. The average Bonchev–Trinajstić information content (AvgIpc) is 3.58. The number of nitrogens with two attached hydrogens (primary N) is 1. The van der Waals surface area contributed by atoms with Crippen LogP contribution in [0.5, 0.6) is 0 Å². The lowest BCUT2D eigenvalue weighted by atomic mass is 9.96.